The Kier molecular flexibility index (Phi) is 4.91. The smallest absolute Gasteiger partial charge is 0.0941 e. The highest BCUT2D eigenvalue weighted by Crippen LogP contribution is 2.18. The minimum absolute atomic E-state index is 0.378. The van der Waals surface area contributed by atoms with Gasteiger partial charge in [0.15, 0.2) is 0 Å². The zero-order valence-electron chi connectivity index (χ0n) is 10.4. The lowest BCUT2D eigenvalue weighted by Crippen LogP contribution is -2.37. The van der Waals surface area contributed by atoms with Gasteiger partial charge in [0.05, 0.1) is 23.9 Å². The Morgan fingerprint density at radius 2 is 2.29 bits per heavy atom. The van der Waals surface area contributed by atoms with Crippen molar-refractivity contribution < 1.29 is 4.74 Å². The van der Waals surface area contributed by atoms with E-state index in [9.17, 15) is 0 Å². The van der Waals surface area contributed by atoms with Crippen LogP contribution in [0.5, 0.6) is 0 Å². The van der Waals surface area contributed by atoms with Gasteiger partial charge in [-0.2, -0.15) is 0 Å². The molecule has 1 atom stereocenters. The summed E-state index contributed by atoms with van der Waals surface area (Å²) in [4.78, 5) is 7.09. The Balaban J connectivity index is 1.80. The molecule has 0 aliphatic carbocycles. The standard InChI is InChI=1S/C12H21N3OS/c1-10(8-13)11-9-17-12(14-11)2-3-15-4-6-16-7-5-15/h9-10H,2-8,13H2,1H3. The van der Waals surface area contributed by atoms with Crippen molar-refractivity contribution in [2.75, 3.05) is 39.4 Å². The normalized spacial score (nSPS) is 19.4. The molecule has 1 fully saturated rings. The summed E-state index contributed by atoms with van der Waals surface area (Å²) >= 11 is 1.76. The van der Waals surface area contributed by atoms with Gasteiger partial charge in [0.25, 0.3) is 0 Å². The fraction of sp³-hybridized carbons (Fsp3) is 0.750. The second-order valence-corrected chi connectivity index (χ2v) is 5.45. The van der Waals surface area contributed by atoms with E-state index in [1.807, 2.05) is 0 Å². The zero-order valence-corrected chi connectivity index (χ0v) is 11.2. The summed E-state index contributed by atoms with van der Waals surface area (Å²) in [7, 11) is 0. The van der Waals surface area contributed by atoms with Gasteiger partial charge >= 0.3 is 0 Å². The highest BCUT2D eigenvalue weighted by molar-refractivity contribution is 7.09. The number of ether oxygens (including phenoxy) is 1. The Labute approximate surface area is 107 Å². The van der Waals surface area contributed by atoms with Crippen molar-refractivity contribution in [3.63, 3.8) is 0 Å². The molecule has 17 heavy (non-hydrogen) atoms. The first kappa shape index (κ1) is 13.0. The molecule has 1 aromatic rings. The summed E-state index contributed by atoms with van der Waals surface area (Å²) in [5.41, 5.74) is 6.79. The summed E-state index contributed by atoms with van der Waals surface area (Å²) < 4.78 is 5.33. The number of nitrogens with zero attached hydrogens (tertiary/aromatic N) is 2. The summed E-state index contributed by atoms with van der Waals surface area (Å²) in [6.07, 6.45) is 1.04. The Morgan fingerprint density at radius 3 is 3.00 bits per heavy atom. The molecule has 0 saturated carbocycles. The van der Waals surface area contributed by atoms with Crippen LogP contribution in [-0.4, -0.2) is 49.3 Å². The van der Waals surface area contributed by atoms with Gasteiger partial charge < -0.3 is 10.5 Å². The first-order valence-corrected chi connectivity index (χ1v) is 7.12. The van der Waals surface area contributed by atoms with Gasteiger partial charge in [-0.1, -0.05) is 6.92 Å². The van der Waals surface area contributed by atoms with E-state index in [4.69, 9.17) is 10.5 Å². The van der Waals surface area contributed by atoms with Crippen molar-refractivity contribution in [3.05, 3.63) is 16.1 Å². The van der Waals surface area contributed by atoms with Crippen molar-refractivity contribution in [3.8, 4) is 0 Å². The minimum Gasteiger partial charge on any atom is -0.379 e. The maximum atomic E-state index is 5.65. The average molecular weight is 255 g/mol. The third-order valence-corrected chi connectivity index (χ3v) is 4.10. The van der Waals surface area contributed by atoms with Crippen LogP contribution in [0.3, 0.4) is 0 Å². The quantitative estimate of drug-likeness (QED) is 0.855. The van der Waals surface area contributed by atoms with Crippen LogP contribution in [0.2, 0.25) is 0 Å². The third kappa shape index (κ3) is 3.74. The van der Waals surface area contributed by atoms with E-state index in [-0.39, 0.29) is 0 Å². The van der Waals surface area contributed by atoms with Crippen LogP contribution in [0.4, 0.5) is 0 Å². The van der Waals surface area contributed by atoms with Crippen molar-refractivity contribution in [2.45, 2.75) is 19.3 Å². The first-order chi connectivity index (χ1) is 8.29. The van der Waals surface area contributed by atoms with E-state index in [0.717, 1.165) is 45.0 Å². The molecule has 4 nitrogen and oxygen atoms in total. The molecular weight excluding hydrogens is 234 g/mol. The Hall–Kier alpha value is -0.490. The molecule has 0 radical (unpaired) electrons. The van der Waals surface area contributed by atoms with Crippen LogP contribution in [0.25, 0.3) is 0 Å². The molecule has 96 valence electrons. The van der Waals surface area contributed by atoms with Crippen LogP contribution in [0, 0.1) is 0 Å². The maximum absolute atomic E-state index is 5.65. The number of hydrogen-bond donors (Lipinski definition) is 1. The van der Waals surface area contributed by atoms with Crippen LogP contribution >= 0.6 is 11.3 Å². The molecule has 0 spiro atoms. The molecule has 5 heteroatoms. The maximum Gasteiger partial charge on any atom is 0.0941 e. The monoisotopic (exact) mass is 255 g/mol. The van der Waals surface area contributed by atoms with Crippen LogP contribution in [-0.2, 0) is 11.2 Å². The van der Waals surface area contributed by atoms with Gasteiger partial charge in [0.1, 0.15) is 0 Å². The molecule has 1 aliphatic rings. The molecule has 0 amide bonds. The highest BCUT2D eigenvalue weighted by Gasteiger charge is 2.12. The molecule has 1 unspecified atom stereocenters. The largest absolute Gasteiger partial charge is 0.379 e. The van der Waals surface area contributed by atoms with Gasteiger partial charge in [-0.05, 0) is 0 Å². The molecule has 1 aromatic heterocycles. The van der Waals surface area contributed by atoms with E-state index in [0.29, 0.717) is 12.5 Å². The van der Waals surface area contributed by atoms with Gasteiger partial charge in [0, 0.05) is 43.9 Å². The molecule has 0 bridgehead atoms. The van der Waals surface area contributed by atoms with Crippen LogP contribution < -0.4 is 5.73 Å². The van der Waals surface area contributed by atoms with E-state index in [1.54, 1.807) is 11.3 Å². The fourth-order valence-electron chi connectivity index (χ4n) is 1.87. The predicted octanol–water partition coefficient (Wildman–Crippen LogP) is 1.08. The number of nitrogens with two attached hydrogens (primary N) is 1. The van der Waals surface area contributed by atoms with Gasteiger partial charge in [0.2, 0.25) is 0 Å². The lowest BCUT2D eigenvalue weighted by molar-refractivity contribution is 0.0384. The molecule has 2 rings (SSSR count). The molecular formula is C12H21N3OS. The van der Waals surface area contributed by atoms with E-state index in [2.05, 4.69) is 22.2 Å². The second-order valence-electron chi connectivity index (χ2n) is 4.51. The topological polar surface area (TPSA) is 51.4 Å². The van der Waals surface area contributed by atoms with Crippen molar-refractivity contribution in [1.29, 1.82) is 0 Å². The first-order valence-electron chi connectivity index (χ1n) is 6.24. The van der Waals surface area contributed by atoms with Crippen molar-refractivity contribution >= 4 is 11.3 Å². The molecule has 1 saturated heterocycles. The van der Waals surface area contributed by atoms with Gasteiger partial charge in [-0.25, -0.2) is 4.98 Å². The zero-order chi connectivity index (χ0) is 12.1. The van der Waals surface area contributed by atoms with Crippen molar-refractivity contribution in [1.82, 2.24) is 9.88 Å². The Bertz CT molecular complexity index is 336. The second kappa shape index (κ2) is 6.44. The average Bonchev–Trinajstić information content (AvgIpc) is 2.85. The summed E-state index contributed by atoms with van der Waals surface area (Å²) in [6, 6.07) is 0. The number of rotatable bonds is 5. The lowest BCUT2D eigenvalue weighted by atomic mass is 10.1. The SMILES string of the molecule is CC(CN)c1csc(CCN2CCOCC2)n1. The summed E-state index contributed by atoms with van der Waals surface area (Å²) in [6.45, 7) is 7.73. The fourth-order valence-corrected chi connectivity index (χ4v) is 2.77. The number of aromatic nitrogens is 1. The van der Waals surface area contributed by atoms with E-state index < -0.39 is 0 Å². The summed E-state index contributed by atoms with van der Waals surface area (Å²) in [5, 5.41) is 3.37. The van der Waals surface area contributed by atoms with Crippen molar-refractivity contribution in [2.24, 2.45) is 5.73 Å². The number of hydrogen-bond acceptors (Lipinski definition) is 5. The minimum atomic E-state index is 0.378. The Morgan fingerprint density at radius 1 is 1.53 bits per heavy atom. The van der Waals surface area contributed by atoms with E-state index in [1.165, 1.54) is 5.01 Å². The summed E-state index contributed by atoms with van der Waals surface area (Å²) in [5.74, 6) is 0.378. The third-order valence-electron chi connectivity index (χ3n) is 3.17. The predicted molar refractivity (Wildman–Crippen MR) is 70.5 cm³/mol. The molecule has 2 heterocycles. The van der Waals surface area contributed by atoms with Crippen LogP contribution in [0.15, 0.2) is 5.38 Å². The number of thiazole rings is 1. The highest BCUT2D eigenvalue weighted by atomic mass is 32.1. The molecule has 0 aromatic carbocycles. The van der Waals surface area contributed by atoms with Gasteiger partial charge in [-0.15, -0.1) is 11.3 Å². The van der Waals surface area contributed by atoms with Gasteiger partial charge in [-0.3, -0.25) is 4.90 Å². The lowest BCUT2D eigenvalue weighted by Gasteiger charge is -2.26. The molecule has 1 aliphatic heterocycles. The van der Waals surface area contributed by atoms with Crippen LogP contribution in [0.1, 0.15) is 23.5 Å². The van der Waals surface area contributed by atoms with E-state index >= 15 is 0 Å². The number of morpholine rings is 1. The molecule has 2 N–H and O–H groups in total.